The van der Waals surface area contributed by atoms with Crippen LogP contribution in [0.2, 0.25) is 0 Å². The van der Waals surface area contributed by atoms with Crippen molar-refractivity contribution in [1.29, 1.82) is 0 Å². The Hall–Kier alpha value is -5.80. The predicted octanol–water partition coefficient (Wildman–Crippen LogP) is 5.17. The Kier molecular flexibility index (Phi) is 13.3. The standard InChI is InChI=1S/C51H66N8O7/c1-9-58-42-15-14-32-24-37(42)38(45(58)36-12-10-17-52-43(36)29(2)3)25-51(6,7)28-66-50(65)39-13-11-18-59(55-39)49(64)40(22-31-20-34(32)23-35(60)21-31)54-46(61)44(30(4)5)56(8)47(62)33-16-19-57(27-33)48(63)41-26-53-41/h10,12,14-15,17,20-21,23-24,29-30,33,39-41,44,53,55,60H,9,11,13,16,18-19,22,25-28H2,1-8H3,(H,54,61)/t33-,39-,40-,41+,44-/m0/s1. The van der Waals surface area contributed by atoms with Crippen LogP contribution in [-0.2, 0) is 48.1 Å². The molecule has 15 heteroatoms. The fraction of sp³-hybridized carbons (Fsp3) is 0.529. The van der Waals surface area contributed by atoms with E-state index in [9.17, 15) is 29.1 Å². The van der Waals surface area contributed by atoms with Crippen LogP contribution in [0.25, 0.3) is 33.3 Å². The molecular weight excluding hydrogens is 837 g/mol. The maximum Gasteiger partial charge on any atom is 0.324 e. The molecule has 2 aromatic carbocycles. The van der Waals surface area contributed by atoms with E-state index in [1.54, 1.807) is 24.1 Å². The minimum atomic E-state index is -1.15. The van der Waals surface area contributed by atoms with E-state index >= 15 is 0 Å². The molecule has 66 heavy (non-hydrogen) atoms. The summed E-state index contributed by atoms with van der Waals surface area (Å²) in [5.74, 6) is -2.28. The molecule has 0 radical (unpaired) electrons. The Labute approximate surface area is 387 Å². The fourth-order valence-corrected chi connectivity index (χ4v) is 10.3. The molecule has 3 saturated heterocycles. The summed E-state index contributed by atoms with van der Waals surface area (Å²) >= 11 is 0. The van der Waals surface area contributed by atoms with Crippen LogP contribution in [0.3, 0.4) is 0 Å². The summed E-state index contributed by atoms with van der Waals surface area (Å²) in [7, 11) is 1.61. The maximum absolute atomic E-state index is 14.7. The number of rotatable bonds is 9. The predicted molar refractivity (Wildman–Crippen MR) is 252 cm³/mol. The van der Waals surface area contributed by atoms with Gasteiger partial charge in [-0.15, -0.1) is 0 Å². The molecule has 0 unspecified atom stereocenters. The number of carbonyl (C=O) groups is 5. The van der Waals surface area contributed by atoms with Crippen molar-refractivity contribution in [2.75, 3.05) is 39.8 Å². The first-order valence-electron chi connectivity index (χ1n) is 23.7. The summed E-state index contributed by atoms with van der Waals surface area (Å²) in [6.45, 7) is 16.9. The van der Waals surface area contributed by atoms with Gasteiger partial charge in [0.05, 0.1) is 30.0 Å². The number of aryl methyl sites for hydroxylation is 1. The second kappa shape index (κ2) is 18.8. The third kappa shape index (κ3) is 9.55. The topological polar surface area (TPSA) is 188 Å². The van der Waals surface area contributed by atoms with Gasteiger partial charge in [-0.1, -0.05) is 53.7 Å². The average molecular weight is 903 g/mol. The van der Waals surface area contributed by atoms with Crippen molar-refractivity contribution < 1.29 is 33.8 Å². The third-order valence-corrected chi connectivity index (χ3v) is 13.7. The lowest BCUT2D eigenvalue weighted by Crippen LogP contribution is -2.62. The Balaban J connectivity index is 1.18. The van der Waals surface area contributed by atoms with E-state index in [0.29, 0.717) is 57.4 Å². The van der Waals surface area contributed by atoms with Crippen molar-refractivity contribution in [2.45, 2.75) is 117 Å². The van der Waals surface area contributed by atoms with Gasteiger partial charge in [-0.05, 0) is 103 Å². The summed E-state index contributed by atoms with van der Waals surface area (Å²) in [6, 6.07) is 12.6. The smallest absolute Gasteiger partial charge is 0.324 e. The quantitative estimate of drug-likeness (QED) is 0.129. The van der Waals surface area contributed by atoms with Gasteiger partial charge in [0.15, 0.2) is 0 Å². The number of cyclic esters (lactones) is 1. The zero-order chi connectivity index (χ0) is 47.2. The maximum atomic E-state index is 14.7. The first-order chi connectivity index (χ1) is 31.4. The van der Waals surface area contributed by atoms with Crippen LogP contribution in [0.1, 0.15) is 90.5 Å². The molecule has 4 amide bonds. The summed E-state index contributed by atoms with van der Waals surface area (Å²) in [4.78, 5) is 78.0. The second-order valence-corrected chi connectivity index (χ2v) is 20.2. The van der Waals surface area contributed by atoms with Crippen LogP contribution in [0.5, 0.6) is 5.75 Å². The number of hydrazine groups is 1. The van der Waals surface area contributed by atoms with Crippen molar-refractivity contribution >= 4 is 40.5 Å². The van der Waals surface area contributed by atoms with Crippen molar-refractivity contribution in [1.82, 2.24) is 40.4 Å². The number of aromatic hydroxyl groups is 1. The lowest BCUT2D eigenvalue weighted by molar-refractivity contribution is -0.155. The lowest BCUT2D eigenvalue weighted by Gasteiger charge is -2.37. The number of hydrogen-bond donors (Lipinski definition) is 4. The molecule has 8 rings (SSSR count). The largest absolute Gasteiger partial charge is 0.508 e. The number of pyridine rings is 1. The zero-order valence-corrected chi connectivity index (χ0v) is 39.6. The van der Waals surface area contributed by atoms with Crippen molar-refractivity contribution in [3.63, 3.8) is 0 Å². The van der Waals surface area contributed by atoms with Crippen LogP contribution in [0.4, 0.5) is 0 Å². The van der Waals surface area contributed by atoms with E-state index in [1.807, 2.05) is 38.2 Å². The molecule has 352 valence electrons. The molecule has 5 atom stereocenters. The van der Waals surface area contributed by atoms with Crippen LogP contribution < -0.4 is 16.1 Å². The van der Waals surface area contributed by atoms with Crippen LogP contribution >= 0.6 is 0 Å². The van der Waals surface area contributed by atoms with E-state index in [4.69, 9.17) is 9.72 Å². The summed E-state index contributed by atoms with van der Waals surface area (Å²) in [5, 5.41) is 19.8. The molecule has 0 aliphatic carbocycles. The van der Waals surface area contributed by atoms with E-state index in [-0.39, 0.29) is 55.0 Å². The number of likely N-dealkylation sites (tertiary alicyclic amines) is 1. The van der Waals surface area contributed by atoms with E-state index in [0.717, 1.165) is 44.5 Å². The molecule has 3 fully saturated rings. The second-order valence-electron chi connectivity index (χ2n) is 20.2. The van der Waals surface area contributed by atoms with Gasteiger partial charge >= 0.3 is 5.97 Å². The number of amides is 4. The SMILES string of the molecule is CCn1c(-c2cccnc2C(C)C)c2c3cc(ccc31)-c1cc(O)cc(c1)C[C@H](NC(=O)[C@H](C(C)C)N(C)C(=O)[C@H]1CCN(C(=O)[C@H]3CN3)C1)C(=O)N1CCC[C@H](N1)C(=O)OCC(C)(C)C2. The molecule has 4 aromatic rings. The number of nitrogens with one attached hydrogen (secondary N) is 3. The van der Waals surface area contributed by atoms with Crippen LogP contribution in [0, 0.1) is 17.3 Å². The zero-order valence-electron chi connectivity index (χ0n) is 39.6. The van der Waals surface area contributed by atoms with E-state index in [2.05, 4.69) is 73.4 Å². The normalized spacial score (nSPS) is 22.6. The molecule has 0 spiro atoms. The number of esters is 1. The molecule has 4 aliphatic rings. The van der Waals surface area contributed by atoms with E-state index in [1.165, 1.54) is 9.91 Å². The van der Waals surface area contributed by atoms with Crippen LogP contribution in [0.15, 0.2) is 54.7 Å². The lowest BCUT2D eigenvalue weighted by atomic mass is 9.83. The Morgan fingerprint density at radius 2 is 1.80 bits per heavy atom. The molecule has 0 saturated carbocycles. The molecule has 4 N–H and O–H groups in total. The molecule has 6 heterocycles. The van der Waals surface area contributed by atoms with E-state index < -0.39 is 47.2 Å². The van der Waals surface area contributed by atoms with Gasteiger partial charge in [0.1, 0.15) is 23.9 Å². The Morgan fingerprint density at radius 1 is 1.03 bits per heavy atom. The minimum Gasteiger partial charge on any atom is -0.508 e. The van der Waals surface area contributed by atoms with Gasteiger partial charge < -0.3 is 34.8 Å². The third-order valence-electron chi connectivity index (χ3n) is 13.7. The molecule has 4 aliphatic heterocycles. The van der Waals surface area contributed by atoms with Gasteiger partial charge in [-0.3, -0.25) is 34.0 Å². The number of aromatic nitrogens is 2. The highest BCUT2D eigenvalue weighted by molar-refractivity contribution is 5.96. The summed E-state index contributed by atoms with van der Waals surface area (Å²) in [6.07, 6.45) is 3.90. The number of hydrogen-bond acceptors (Lipinski definition) is 10. The Morgan fingerprint density at radius 3 is 2.52 bits per heavy atom. The van der Waals surface area contributed by atoms with Gasteiger partial charge in [0.2, 0.25) is 17.7 Å². The van der Waals surface area contributed by atoms with Crippen LogP contribution in [-0.4, -0.2) is 123 Å². The monoisotopic (exact) mass is 903 g/mol. The fourth-order valence-electron chi connectivity index (χ4n) is 10.3. The summed E-state index contributed by atoms with van der Waals surface area (Å²) in [5.41, 5.74) is 10.1. The van der Waals surface area contributed by atoms with Gasteiger partial charge in [0.25, 0.3) is 5.91 Å². The summed E-state index contributed by atoms with van der Waals surface area (Å²) < 4.78 is 8.45. The highest BCUT2D eigenvalue weighted by Gasteiger charge is 2.42. The number of fused-ring (bicyclic) bond motifs is 6. The van der Waals surface area contributed by atoms with Crippen molar-refractivity contribution in [3.05, 3.63) is 71.5 Å². The minimum absolute atomic E-state index is 0.00508. The number of carbonyl (C=O) groups excluding carboxylic acids is 5. The number of phenols is 1. The van der Waals surface area contributed by atoms with Gasteiger partial charge in [-0.2, -0.15) is 0 Å². The first kappa shape index (κ1) is 46.7. The number of benzene rings is 2. The number of phenolic OH excluding ortho intramolecular Hbond substituents is 1. The van der Waals surface area contributed by atoms with Gasteiger partial charge in [-0.25, -0.2) is 5.43 Å². The average Bonchev–Trinajstić information content (AvgIpc) is 3.95. The molecular formula is C51H66N8O7. The number of nitrogens with zero attached hydrogens (tertiary/aromatic N) is 5. The van der Waals surface area contributed by atoms with Crippen molar-refractivity contribution in [3.8, 4) is 28.1 Å². The molecule has 6 bridgehead atoms. The first-order valence-corrected chi connectivity index (χ1v) is 23.7. The van der Waals surface area contributed by atoms with Gasteiger partial charge in [0, 0.05) is 74.3 Å². The molecule has 15 nitrogen and oxygen atoms in total. The number of likely N-dealkylation sites (N-methyl/N-ethyl adjacent to an activating group) is 1. The highest BCUT2D eigenvalue weighted by Crippen LogP contribution is 2.42. The Bertz CT molecular complexity index is 2530. The molecule has 2 aromatic heterocycles. The van der Waals surface area contributed by atoms with Crippen molar-refractivity contribution in [2.24, 2.45) is 17.3 Å². The highest BCUT2D eigenvalue weighted by atomic mass is 16.5. The number of ether oxygens (including phenoxy) is 1.